The van der Waals surface area contributed by atoms with Crippen LogP contribution in [0.15, 0.2) is 18.3 Å². The van der Waals surface area contributed by atoms with E-state index in [0.29, 0.717) is 17.3 Å². The molecule has 0 unspecified atom stereocenters. The van der Waals surface area contributed by atoms with Crippen LogP contribution in [0, 0.1) is 5.82 Å². The van der Waals surface area contributed by atoms with E-state index in [2.05, 4.69) is 22.1 Å². The van der Waals surface area contributed by atoms with Gasteiger partial charge in [-0.15, -0.1) is 0 Å². The maximum Gasteiger partial charge on any atom is 0.272 e. The summed E-state index contributed by atoms with van der Waals surface area (Å²) in [6.45, 7) is 2.89. The van der Waals surface area contributed by atoms with Crippen molar-refractivity contribution in [1.82, 2.24) is 20.1 Å². The molecule has 25 heavy (non-hydrogen) atoms. The number of hydrogen-bond acceptors (Lipinski definition) is 4. The fourth-order valence-electron chi connectivity index (χ4n) is 3.35. The number of ether oxygens (including phenoxy) is 1. The van der Waals surface area contributed by atoms with Crippen LogP contribution in [-0.4, -0.2) is 45.7 Å². The van der Waals surface area contributed by atoms with Gasteiger partial charge in [-0.3, -0.25) is 9.89 Å². The van der Waals surface area contributed by atoms with Gasteiger partial charge in [0.25, 0.3) is 5.91 Å². The molecule has 1 saturated heterocycles. The Bertz CT molecular complexity index is 744. The third-order valence-corrected chi connectivity index (χ3v) is 4.63. The number of carbonyl (C=O) groups is 1. The van der Waals surface area contributed by atoms with E-state index in [4.69, 9.17) is 4.74 Å². The Balaban J connectivity index is 1.84. The quantitative estimate of drug-likeness (QED) is 0.900. The van der Waals surface area contributed by atoms with Crippen molar-refractivity contribution in [3.63, 3.8) is 0 Å². The molecule has 1 fully saturated rings. The average Bonchev–Trinajstić information content (AvgIpc) is 3.12. The molecule has 134 valence electrons. The van der Waals surface area contributed by atoms with E-state index in [1.54, 1.807) is 6.07 Å². The second-order valence-corrected chi connectivity index (χ2v) is 6.31. The molecule has 2 aromatic heterocycles. The minimum atomic E-state index is -0.506. The van der Waals surface area contributed by atoms with E-state index in [1.165, 1.54) is 13.2 Å². The molecule has 0 aliphatic carbocycles. The SMILES string of the molecule is CCC[C@@H]1CCCCN1C(=O)c1cc(-c2cc(OC)ncc2F)n[nH]1. The number of pyridine rings is 1. The highest BCUT2D eigenvalue weighted by atomic mass is 19.1. The van der Waals surface area contributed by atoms with Gasteiger partial charge in [-0.1, -0.05) is 13.3 Å². The van der Waals surface area contributed by atoms with Crippen LogP contribution in [0.1, 0.15) is 49.5 Å². The fraction of sp³-hybridized carbons (Fsp3) is 0.500. The molecular weight excluding hydrogens is 323 g/mol. The summed E-state index contributed by atoms with van der Waals surface area (Å²) in [6, 6.07) is 3.34. The van der Waals surface area contributed by atoms with Gasteiger partial charge in [-0.25, -0.2) is 9.37 Å². The van der Waals surface area contributed by atoms with Crippen molar-refractivity contribution in [2.45, 2.75) is 45.1 Å². The summed E-state index contributed by atoms with van der Waals surface area (Å²) in [5.41, 5.74) is 1.00. The highest BCUT2D eigenvalue weighted by molar-refractivity contribution is 5.93. The molecule has 1 atom stereocenters. The first kappa shape index (κ1) is 17.4. The first-order chi connectivity index (χ1) is 12.1. The highest BCUT2D eigenvalue weighted by Gasteiger charge is 2.28. The van der Waals surface area contributed by atoms with Crippen LogP contribution < -0.4 is 4.74 Å². The molecule has 0 spiro atoms. The Morgan fingerprint density at radius 1 is 1.44 bits per heavy atom. The number of methoxy groups -OCH3 is 1. The van der Waals surface area contributed by atoms with Gasteiger partial charge >= 0.3 is 0 Å². The second kappa shape index (κ2) is 7.63. The third-order valence-electron chi connectivity index (χ3n) is 4.63. The summed E-state index contributed by atoms with van der Waals surface area (Å²) < 4.78 is 19.1. The smallest absolute Gasteiger partial charge is 0.272 e. The molecule has 1 N–H and O–H groups in total. The maximum atomic E-state index is 14.1. The normalized spacial score (nSPS) is 17.6. The Morgan fingerprint density at radius 2 is 2.28 bits per heavy atom. The summed E-state index contributed by atoms with van der Waals surface area (Å²) >= 11 is 0. The van der Waals surface area contributed by atoms with Gasteiger partial charge in [0.05, 0.1) is 19.0 Å². The number of nitrogens with one attached hydrogen (secondary N) is 1. The van der Waals surface area contributed by atoms with E-state index >= 15 is 0 Å². The van der Waals surface area contributed by atoms with Crippen LogP contribution >= 0.6 is 0 Å². The number of amides is 1. The topological polar surface area (TPSA) is 71.1 Å². The third kappa shape index (κ3) is 3.65. The van der Waals surface area contributed by atoms with Crippen LogP contribution in [0.2, 0.25) is 0 Å². The lowest BCUT2D eigenvalue weighted by Gasteiger charge is -2.35. The first-order valence-corrected chi connectivity index (χ1v) is 8.70. The van der Waals surface area contributed by atoms with E-state index in [0.717, 1.165) is 44.8 Å². The molecule has 2 aromatic rings. The lowest BCUT2D eigenvalue weighted by Crippen LogP contribution is -2.43. The number of H-pyrrole nitrogens is 1. The monoisotopic (exact) mass is 346 g/mol. The van der Waals surface area contributed by atoms with Crippen molar-refractivity contribution in [3.05, 3.63) is 29.8 Å². The van der Waals surface area contributed by atoms with E-state index in [9.17, 15) is 9.18 Å². The van der Waals surface area contributed by atoms with Gasteiger partial charge in [0.15, 0.2) is 5.82 Å². The van der Waals surface area contributed by atoms with Crippen molar-refractivity contribution in [1.29, 1.82) is 0 Å². The number of likely N-dealkylation sites (tertiary alicyclic amines) is 1. The molecule has 0 saturated carbocycles. The number of rotatable bonds is 5. The Labute approximate surface area is 146 Å². The van der Waals surface area contributed by atoms with Crippen LogP contribution in [0.4, 0.5) is 4.39 Å². The standard InChI is InChI=1S/C18H23FN4O2/c1-3-6-12-7-4-5-8-23(12)18(24)16-10-15(21-22-16)13-9-17(25-2)20-11-14(13)19/h9-12H,3-8H2,1-2H3,(H,21,22)/t12-/m1/s1. The van der Waals surface area contributed by atoms with Crippen molar-refractivity contribution in [2.24, 2.45) is 0 Å². The Kier molecular flexibility index (Phi) is 5.31. The lowest BCUT2D eigenvalue weighted by atomic mass is 9.98. The molecule has 6 nitrogen and oxygen atoms in total. The zero-order valence-electron chi connectivity index (χ0n) is 14.6. The van der Waals surface area contributed by atoms with Crippen LogP contribution in [-0.2, 0) is 0 Å². The molecular formula is C18H23FN4O2. The van der Waals surface area contributed by atoms with Gasteiger partial charge in [0.2, 0.25) is 5.88 Å². The van der Waals surface area contributed by atoms with E-state index < -0.39 is 5.82 Å². The lowest BCUT2D eigenvalue weighted by molar-refractivity contribution is 0.0594. The Morgan fingerprint density at radius 3 is 3.04 bits per heavy atom. The van der Waals surface area contributed by atoms with Gasteiger partial charge in [-0.2, -0.15) is 5.10 Å². The summed E-state index contributed by atoms with van der Waals surface area (Å²) in [5.74, 6) is -0.280. The minimum Gasteiger partial charge on any atom is -0.481 e. The van der Waals surface area contributed by atoms with Gasteiger partial charge < -0.3 is 9.64 Å². The predicted molar refractivity (Wildman–Crippen MR) is 91.9 cm³/mol. The average molecular weight is 346 g/mol. The molecule has 3 rings (SSSR count). The van der Waals surface area contributed by atoms with Gasteiger partial charge in [0, 0.05) is 24.2 Å². The zero-order valence-corrected chi connectivity index (χ0v) is 14.6. The number of aromatic nitrogens is 3. The number of nitrogens with zero attached hydrogens (tertiary/aromatic N) is 3. The van der Waals surface area contributed by atoms with E-state index in [1.807, 2.05) is 4.90 Å². The Hall–Kier alpha value is -2.44. The largest absolute Gasteiger partial charge is 0.481 e. The van der Waals surface area contributed by atoms with Crippen molar-refractivity contribution < 1.29 is 13.9 Å². The zero-order chi connectivity index (χ0) is 17.8. The van der Waals surface area contributed by atoms with Crippen LogP contribution in [0.25, 0.3) is 11.3 Å². The van der Waals surface area contributed by atoms with Crippen molar-refractivity contribution >= 4 is 5.91 Å². The predicted octanol–water partition coefficient (Wildman–Crippen LogP) is 3.41. The number of hydrogen-bond donors (Lipinski definition) is 1. The summed E-state index contributed by atoms with van der Waals surface area (Å²) in [7, 11) is 1.47. The summed E-state index contributed by atoms with van der Waals surface area (Å²) in [5, 5.41) is 6.87. The maximum absolute atomic E-state index is 14.1. The minimum absolute atomic E-state index is 0.0710. The van der Waals surface area contributed by atoms with Crippen LogP contribution in [0.5, 0.6) is 5.88 Å². The first-order valence-electron chi connectivity index (χ1n) is 8.70. The van der Waals surface area contributed by atoms with E-state index in [-0.39, 0.29) is 17.5 Å². The molecule has 1 aliphatic rings. The molecule has 1 aliphatic heterocycles. The molecule has 3 heterocycles. The van der Waals surface area contributed by atoms with Crippen molar-refractivity contribution in [3.8, 4) is 17.1 Å². The number of halogens is 1. The summed E-state index contributed by atoms with van der Waals surface area (Å²) in [4.78, 5) is 18.6. The van der Waals surface area contributed by atoms with Gasteiger partial charge in [0.1, 0.15) is 5.69 Å². The van der Waals surface area contributed by atoms with Gasteiger partial charge in [-0.05, 0) is 31.7 Å². The molecule has 0 aromatic carbocycles. The summed E-state index contributed by atoms with van der Waals surface area (Å²) in [6.07, 6.45) is 6.35. The molecule has 0 bridgehead atoms. The highest BCUT2D eigenvalue weighted by Crippen LogP contribution is 2.26. The van der Waals surface area contributed by atoms with Crippen molar-refractivity contribution in [2.75, 3.05) is 13.7 Å². The molecule has 7 heteroatoms. The molecule has 0 radical (unpaired) electrons. The number of carbonyl (C=O) groups excluding carboxylic acids is 1. The molecule has 1 amide bonds. The number of aromatic amines is 1. The fourth-order valence-corrected chi connectivity index (χ4v) is 3.35. The second-order valence-electron chi connectivity index (χ2n) is 6.31. The number of piperidine rings is 1. The van der Waals surface area contributed by atoms with Crippen LogP contribution in [0.3, 0.4) is 0 Å².